The topological polar surface area (TPSA) is 55.1 Å². The normalized spacial score (nSPS) is 14.5. The van der Waals surface area contributed by atoms with E-state index in [9.17, 15) is 9.18 Å². The molecule has 0 bridgehead atoms. The van der Waals surface area contributed by atoms with Crippen molar-refractivity contribution in [3.05, 3.63) is 66.1 Å². The van der Waals surface area contributed by atoms with Gasteiger partial charge in [-0.2, -0.15) is 0 Å². The number of rotatable bonds is 4. The number of benzene rings is 2. The first-order valence-electron chi connectivity index (χ1n) is 8.83. The number of nitrogens with zero attached hydrogens (tertiary/aromatic N) is 1. The number of oxazole rings is 1. The minimum atomic E-state index is -0.373. The largest absolute Gasteiger partial charge is 0.436 e. The van der Waals surface area contributed by atoms with Gasteiger partial charge in [-0.05, 0) is 37.1 Å². The number of halogens is 1. The first kappa shape index (κ1) is 16.5. The fourth-order valence-corrected chi connectivity index (χ4v) is 3.39. The van der Waals surface area contributed by atoms with E-state index in [4.69, 9.17) is 4.42 Å². The number of nitrogens with one attached hydrogen (secondary N) is 1. The van der Waals surface area contributed by atoms with Crippen LogP contribution in [0.2, 0.25) is 0 Å². The fraction of sp³-hybridized carbons (Fsp3) is 0.238. The first-order chi connectivity index (χ1) is 12.7. The van der Waals surface area contributed by atoms with Gasteiger partial charge >= 0.3 is 0 Å². The van der Waals surface area contributed by atoms with E-state index in [1.54, 1.807) is 30.3 Å². The average molecular weight is 350 g/mol. The molecule has 26 heavy (non-hydrogen) atoms. The molecule has 1 fully saturated rings. The molecule has 5 heteroatoms. The van der Waals surface area contributed by atoms with Crippen molar-refractivity contribution in [2.24, 2.45) is 0 Å². The van der Waals surface area contributed by atoms with Crippen molar-refractivity contribution in [3.63, 3.8) is 0 Å². The minimum absolute atomic E-state index is 0.127. The molecule has 1 heterocycles. The van der Waals surface area contributed by atoms with Gasteiger partial charge in [0.15, 0.2) is 5.76 Å². The second kappa shape index (κ2) is 7.12. The lowest BCUT2D eigenvalue weighted by molar-refractivity contribution is 0.0938. The average Bonchev–Trinajstić information content (AvgIpc) is 3.34. The van der Waals surface area contributed by atoms with Gasteiger partial charge in [-0.1, -0.05) is 37.1 Å². The van der Waals surface area contributed by atoms with E-state index in [-0.39, 0.29) is 17.8 Å². The summed E-state index contributed by atoms with van der Waals surface area (Å²) in [7, 11) is 0. The lowest BCUT2D eigenvalue weighted by Crippen LogP contribution is -2.32. The molecule has 0 spiro atoms. The molecule has 1 amide bonds. The summed E-state index contributed by atoms with van der Waals surface area (Å²) in [5, 5.41) is 3.08. The Morgan fingerprint density at radius 2 is 1.73 bits per heavy atom. The Morgan fingerprint density at radius 1 is 1.04 bits per heavy atom. The molecule has 0 aliphatic heterocycles. The van der Waals surface area contributed by atoms with E-state index in [2.05, 4.69) is 10.3 Å². The number of hydrogen-bond acceptors (Lipinski definition) is 3. The molecular formula is C21H19FN2O2. The van der Waals surface area contributed by atoms with Gasteiger partial charge in [-0.25, -0.2) is 9.37 Å². The second-order valence-corrected chi connectivity index (χ2v) is 6.51. The fourth-order valence-electron chi connectivity index (χ4n) is 3.39. The maximum Gasteiger partial charge on any atom is 0.252 e. The number of hydrogen-bond donors (Lipinski definition) is 1. The molecule has 0 radical (unpaired) electrons. The molecule has 2 aromatic carbocycles. The summed E-state index contributed by atoms with van der Waals surface area (Å²) in [6.07, 6.45) is 5.82. The Bertz CT molecular complexity index is 929. The maximum atomic E-state index is 14.0. The van der Waals surface area contributed by atoms with Gasteiger partial charge in [0.25, 0.3) is 5.91 Å². The Kier molecular flexibility index (Phi) is 4.52. The van der Waals surface area contributed by atoms with Gasteiger partial charge in [0.05, 0.1) is 17.3 Å². The van der Waals surface area contributed by atoms with E-state index in [0.29, 0.717) is 28.3 Å². The van der Waals surface area contributed by atoms with Crippen molar-refractivity contribution in [2.75, 3.05) is 0 Å². The minimum Gasteiger partial charge on any atom is -0.436 e. The quantitative estimate of drug-likeness (QED) is 0.734. The third-order valence-corrected chi connectivity index (χ3v) is 4.74. The summed E-state index contributed by atoms with van der Waals surface area (Å²) in [6.45, 7) is 0. The molecule has 1 aliphatic rings. The van der Waals surface area contributed by atoms with E-state index < -0.39 is 0 Å². The highest BCUT2D eigenvalue weighted by molar-refractivity contribution is 6.00. The molecular weight excluding hydrogens is 331 g/mol. The molecule has 0 unspecified atom stereocenters. The van der Waals surface area contributed by atoms with Crippen molar-refractivity contribution < 1.29 is 13.6 Å². The Labute approximate surface area is 151 Å². The number of amides is 1. The van der Waals surface area contributed by atoms with Gasteiger partial charge in [0, 0.05) is 11.6 Å². The SMILES string of the molecule is O=C(NC1CCCC1)c1ccccc1-c1ncc(-c2ccccc2F)o1. The van der Waals surface area contributed by atoms with Crippen LogP contribution in [0.5, 0.6) is 0 Å². The third kappa shape index (κ3) is 3.25. The van der Waals surface area contributed by atoms with E-state index in [0.717, 1.165) is 25.7 Å². The van der Waals surface area contributed by atoms with Crippen LogP contribution >= 0.6 is 0 Å². The van der Waals surface area contributed by atoms with Gasteiger partial charge in [-0.3, -0.25) is 4.79 Å². The molecule has 4 nitrogen and oxygen atoms in total. The Hall–Kier alpha value is -2.95. The van der Waals surface area contributed by atoms with Crippen LogP contribution in [0.15, 0.2) is 59.1 Å². The predicted octanol–water partition coefficient (Wildman–Crippen LogP) is 4.82. The van der Waals surface area contributed by atoms with Crippen LogP contribution in [0, 0.1) is 5.82 Å². The van der Waals surface area contributed by atoms with Gasteiger partial charge < -0.3 is 9.73 Å². The molecule has 4 rings (SSSR count). The molecule has 3 aromatic rings. The standard InChI is InChI=1S/C21H19FN2O2/c22-18-12-6-5-11-17(18)19-13-23-21(26-19)16-10-4-3-9-15(16)20(25)24-14-7-1-2-8-14/h3-6,9-14H,1-2,7-8H2,(H,24,25). The third-order valence-electron chi connectivity index (χ3n) is 4.74. The van der Waals surface area contributed by atoms with Crippen LogP contribution in [-0.4, -0.2) is 16.9 Å². The van der Waals surface area contributed by atoms with Crippen LogP contribution < -0.4 is 5.32 Å². The highest BCUT2D eigenvalue weighted by Crippen LogP contribution is 2.29. The number of carbonyl (C=O) groups is 1. The van der Waals surface area contributed by atoms with Crippen molar-refractivity contribution >= 4 is 5.91 Å². The summed E-state index contributed by atoms with van der Waals surface area (Å²) in [6, 6.07) is 13.8. The van der Waals surface area contributed by atoms with Gasteiger partial charge in [-0.15, -0.1) is 0 Å². The molecule has 1 N–H and O–H groups in total. The monoisotopic (exact) mass is 350 g/mol. The summed E-state index contributed by atoms with van der Waals surface area (Å²) < 4.78 is 19.7. The van der Waals surface area contributed by atoms with Crippen molar-refractivity contribution in [1.82, 2.24) is 10.3 Å². The van der Waals surface area contributed by atoms with Crippen molar-refractivity contribution in [3.8, 4) is 22.8 Å². The molecule has 0 saturated heterocycles. The van der Waals surface area contributed by atoms with E-state index >= 15 is 0 Å². The lowest BCUT2D eigenvalue weighted by Gasteiger charge is -2.13. The van der Waals surface area contributed by atoms with Gasteiger partial charge in [0.2, 0.25) is 5.89 Å². The van der Waals surface area contributed by atoms with Crippen molar-refractivity contribution in [2.45, 2.75) is 31.7 Å². The smallest absolute Gasteiger partial charge is 0.252 e. The van der Waals surface area contributed by atoms with Crippen LogP contribution in [0.4, 0.5) is 4.39 Å². The zero-order valence-electron chi connectivity index (χ0n) is 14.2. The molecule has 0 atom stereocenters. The number of carbonyl (C=O) groups excluding carboxylic acids is 1. The van der Waals surface area contributed by atoms with Gasteiger partial charge in [0.1, 0.15) is 5.82 Å². The Morgan fingerprint density at radius 3 is 2.50 bits per heavy atom. The summed E-state index contributed by atoms with van der Waals surface area (Å²) in [5.41, 5.74) is 1.46. The first-order valence-corrected chi connectivity index (χ1v) is 8.83. The molecule has 1 aromatic heterocycles. The highest BCUT2D eigenvalue weighted by Gasteiger charge is 2.21. The van der Waals surface area contributed by atoms with E-state index in [1.807, 2.05) is 12.1 Å². The van der Waals surface area contributed by atoms with E-state index in [1.165, 1.54) is 12.3 Å². The zero-order chi connectivity index (χ0) is 17.9. The molecule has 1 saturated carbocycles. The maximum absolute atomic E-state index is 14.0. The lowest BCUT2D eigenvalue weighted by atomic mass is 10.1. The zero-order valence-corrected chi connectivity index (χ0v) is 14.2. The van der Waals surface area contributed by atoms with Crippen molar-refractivity contribution in [1.29, 1.82) is 0 Å². The highest BCUT2D eigenvalue weighted by atomic mass is 19.1. The molecule has 1 aliphatic carbocycles. The predicted molar refractivity (Wildman–Crippen MR) is 97.1 cm³/mol. The van der Waals surface area contributed by atoms with Crippen LogP contribution in [0.3, 0.4) is 0 Å². The summed E-state index contributed by atoms with van der Waals surface area (Å²) in [4.78, 5) is 17.0. The molecule has 132 valence electrons. The summed E-state index contributed by atoms with van der Waals surface area (Å²) >= 11 is 0. The van der Waals surface area contributed by atoms with Crippen LogP contribution in [0.1, 0.15) is 36.0 Å². The van der Waals surface area contributed by atoms with Crippen LogP contribution in [-0.2, 0) is 0 Å². The summed E-state index contributed by atoms with van der Waals surface area (Å²) in [5.74, 6) is 0.144. The second-order valence-electron chi connectivity index (χ2n) is 6.51. The number of aromatic nitrogens is 1. The Balaban J connectivity index is 1.64. The van der Waals surface area contributed by atoms with Crippen LogP contribution in [0.25, 0.3) is 22.8 Å².